The minimum Gasteiger partial charge on any atom is -0.389 e. The Morgan fingerprint density at radius 3 is 2.27 bits per heavy atom. The van der Waals surface area contributed by atoms with Crippen LogP contribution in [0.15, 0.2) is 0 Å². The molecular weight excluding hydrogens is 146 g/mol. The Hall–Kier alpha value is -0.450. The van der Waals surface area contributed by atoms with Crippen molar-refractivity contribution in [3.63, 3.8) is 0 Å². The number of hydrogen-bond donors (Lipinski definition) is 2. The summed E-state index contributed by atoms with van der Waals surface area (Å²) in [5, 5.41) is 18.2. The predicted octanol–water partition coefficient (Wildman–Crippen LogP) is -1.39. The van der Waals surface area contributed by atoms with E-state index in [1.165, 1.54) is 0 Å². The van der Waals surface area contributed by atoms with E-state index in [4.69, 9.17) is 10.2 Å². The van der Waals surface area contributed by atoms with Crippen LogP contribution in [0, 0.1) is 0 Å². The number of aliphatic hydroxyl groups is 2. The maximum absolute atomic E-state index is 10.3. The van der Waals surface area contributed by atoms with Gasteiger partial charge in [0.05, 0.1) is 18.2 Å². The van der Waals surface area contributed by atoms with Gasteiger partial charge in [-0.3, -0.25) is 4.90 Å². The molecule has 4 heteroatoms. The highest BCUT2D eigenvalue weighted by Gasteiger charge is 2.31. The minimum absolute atomic E-state index is 0.207. The maximum atomic E-state index is 10.3. The maximum Gasteiger partial charge on any atom is 0.136 e. The number of carbonyl (C=O) groups is 1. The number of hydrogen-bond acceptors (Lipinski definition) is 4. The molecule has 1 aliphatic rings. The van der Waals surface area contributed by atoms with Crippen LogP contribution in [0.3, 0.4) is 0 Å². The van der Waals surface area contributed by atoms with E-state index in [1.54, 1.807) is 11.8 Å². The molecule has 11 heavy (non-hydrogen) atoms. The zero-order valence-corrected chi connectivity index (χ0v) is 6.47. The second-order valence-corrected chi connectivity index (χ2v) is 2.97. The largest absolute Gasteiger partial charge is 0.389 e. The number of carbonyl (C=O) groups excluding carboxylic acids is 1. The molecule has 1 fully saturated rings. The van der Waals surface area contributed by atoms with E-state index in [-0.39, 0.29) is 6.04 Å². The van der Waals surface area contributed by atoms with Gasteiger partial charge in [-0.05, 0) is 6.92 Å². The predicted molar refractivity (Wildman–Crippen MR) is 39.1 cm³/mol. The van der Waals surface area contributed by atoms with Gasteiger partial charge in [0.2, 0.25) is 0 Å². The molecule has 0 aromatic carbocycles. The van der Waals surface area contributed by atoms with Gasteiger partial charge in [0.25, 0.3) is 0 Å². The molecular formula is C7H13NO3. The minimum atomic E-state index is -0.697. The summed E-state index contributed by atoms with van der Waals surface area (Å²) in [5.41, 5.74) is 0. The van der Waals surface area contributed by atoms with Crippen molar-refractivity contribution in [3.05, 3.63) is 0 Å². The molecule has 1 heterocycles. The lowest BCUT2D eigenvalue weighted by atomic mass is 10.3. The Bertz CT molecular complexity index is 141. The van der Waals surface area contributed by atoms with Crippen molar-refractivity contribution in [3.8, 4) is 0 Å². The second kappa shape index (κ2) is 3.30. The van der Waals surface area contributed by atoms with Crippen LogP contribution in [0.25, 0.3) is 0 Å². The molecule has 4 nitrogen and oxygen atoms in total. The SMILES string of the molecule is CC(C=O)N1CC(O)C(O)C1. The molecule has 0 aromatic heterocycles. The lowest BCUT2D eigenvalue weighted by Crippen LogP contribution is -2.32. The van der Waals surface area contributed by atoms with Gasteiger partial charge in [-0.15, -0.1) is 0 Å². The number of nitrogens with zero attached hydrogens (tertiary/aromatic N) is 1. The van der Waals surface area contributed by atoms with E-state index < -0.39 is 12.2 Å². The highest BCUT2D eigenvalue weighted by Crippen LogP contribution is 2.11. The zero-order chi connectivity index (χ0) is 8.43. The molecule has 0 amide bonds. The van der Waals surface area contributed by atoms with Gasteiger partial charge in [0.15, 0.2) is 0 Å². The fourth-order valence-electron chi connectivity index (χ4n) is 1.22. The molecule has 0 spiro atoms. The summed E-state index contributed by atoms with van der Waals surface area (Å²) in [7, 11) is 0. The average molecular weight is 159 g/mol. The fourth-order valence-corrected chi connectivity index (χ4v) is 1.22. The fraction of sp³-hybridized carbons (Fsp3) is 0.857. The summed E-state index contributed by atoms with van der Waals surface area (Å²) in [6.45, 7) is 2.53. The normalized spacial score (nSPS) is 35.5. The van der Waals surface area contributed by atoms with E-state index in [1.807, 2.05) is 0 Å². The average Bonchev–Trinajstić information content (AvgIpc) is 2.31. The standard InChI is InChI=1S/C7H13NO3/c1-5(4-9)8-2-6(10)7(11)3-8/h4-7,10-11H,2-3H2,1H3. The highest BCUT2D eigenvalue weighted by atomic mass is 16.3. The zero-order valence-electron chi connectivity index (χ0n) is 6.47. The molecule has 2 N–H and O–H groups in total. The topological polar surface area (TPSA) is 60.8 Å². The number of likely N-dealkylation sites (tertiary alicyclic amines) is 1. The van der Waals surface area contributed by atoms with Gasteiger partial charge in [-0.25, -0.2) is 0 Å². The first kappa shape index (κ1) is 8.64. The molecule has 0 aromatic rings. The molecule has 1 aliphatic heterocycles. The lowest BCUT2D eigenvalue weighted by Gasteiger charge is -2.17. The van der Waals surface area contributed by atoms with Gasteiger partial charge in [0, 0.05) is 13.1 Å². The number of rotatable bonds is 2. The van der Waals surface area contributed by atoms with Crippen molar-refractivity contribution >= 4 is 6.29 Å². The van der Waals surface area contributed by atoms with E-state index in [9.17, 15) is 4.79 Å². The summed E-state index contributed by atoms with van der Waals surface area (Å²) in [6.07, 6.45) is -0.583. The Balaban J connectivity index is 2.46. The summed E-state index contributed by atoms with van der Waals surface area (Å²) < 4.78 is 0. The first-order chi connectivity index (χ1) is 5.15. The number of β-amino-alcohol motifs (C(OH)–C–C–N with tert-alkyl or cyclic N) is 2. The third kappa shape index (κ3) is 1.77. The third-order valence-electron chi connectivity index (χ3n) is 2.06. The van der Waals surface area contributed by atoms with Crippen LogP contribution in [0.5, 0.6) is 0 Å². The number of aldehydes is 1. The van der Waals surface area contributed by atoms with Crippen molar-refractivity contribution in [1.82, 2.24) is 4.90 Å². The van der Waals surface area contributed by atoms with Crippen LogP contribution in [-0.4, -0.2) is 52.7 Å². The Labute approximate surface area is 65.4 Å². The van der Waals surface area contributed by atoms with Crippen molar-refractivity contribution in [2.75, 3.05) is 13.1 Å². The Morgan fingerprint density at radius 2 is 1.91 bits per heavy atom. The van der Waals surface area contributed by atoms with Crippen molar-refractivity contribution in [1.29, 1.82) is 0 Å². The van der Waals surface area contributed by atoms with Gasteiger partial charge in [-0.1, -0.05) is 0 Å². The molecule has 1 saturated heterocycles. The monoisotopic (exact) mass is 159 g/mol. The van der Waals surface area contributed by atoms with Crippen LogP contribution in [0.4, 0.5) is 0 Å². The molecule has 0 aliphatic carbocycles. The summed E-state index contributed by atoms with van der Waals surface area (Å²) in [6, 6.07) is -0.207. The second-order valence-electron chi connectivity index (χ2n) is 2.97. The van der Waals surface area contributed by atoms with Crippen molar-refractivity contribution < 1.29 is 15.0 Å². The molecule has 3 atom stereocenters. The van der Waals surface area contributed by atoms with Crippen LogP contribution >= 0.6 is 0 Å². The molecule has 64 valence electrons. The van der Waals surface area contributed by atoms with E-state index in [0.717, 1.165) is 6.29 Å². The van der Waals surface area contributed by atoms with Gasteiger partial charge in [-0.2, -0.15) is 0 Å². The van der Waals surface area contributed by atoms with Crippen LogP contribution in [-0.2, 0) is 4.79 Å². The van der Waals surface area contributed by atoms with E-state index >= 15 is 0 Å². The highest BCUT2D eigenvalue weighted by molar-refractivity contribution is 5.56. The summed E-state index contributed by atoms with van der Waals surface area (Å²) in [5.74, 6) is 0. The lowest BCUT2D eigenvalue weighted by molar-refractivity contribution is -0.111. The summed E-state index contributed by atoms with van der Waals surface area (Å²) in [4.78, 5) is 12.1. The van der Waals surface area contributed by atoms with E-state index in [2.05, 4.69) is 0 Å². The van der Waals surface area contributed by atoms with Crippen LogP contribution in [0.1, 0.15) is 6.92 Å². The molecule has 3 unspecified atom stereocenters. The van der Waals surface area contributed by atoms with Crippen LogP contribution in [0.2, 0.25) is 0 Å². The molecule has 1 rings (SSSR count). The van der Waals surface area contributed by atoms with Crippen molar-refractivity contribution in [2.45, 2.75) is 25.2 Å². The van der Waals surface area contributed by atoms with Gasteiger partial charge >= 0.3 is 0 Å². The van der Waals surface area contributed by atoms with Gasteiger partial charge in [0.1, 0.15) is 6.29 Å². The number of aliphatic hydroxyl groups excluding tert-OH is 2. The van der Waals surface area contributed by atoms with E-state index in [0.29, 0.717) is 13.1 Å². The Morgan fingerprint density at radius 1 is 1.45 bits per heavy atom. The third-order valence-corrected chi connectivity index (χ3v) is 2.06. The van der Waals surface area contributed by atoms with Crippen LogP contribution < -0.4 is 0 Å². The molecule has 0 radical (unpaired) electrons. The quantitative estimate of drug-likeness (QED) is 0.487. The summed E-state index contributed by atoms with van der Waals surface area (Å²) >= 11 is 0. The Kier molecular flexibility index (Phi) is 2.59. The molecule has 0 saturated carbocycles. The van der Waals surface area contributed by atoms with Gasteiger partial charge < -0.3 is 15.0 Å². The smallest absolute Gasteiger partial charge is 0.136 e. The molecule has 0 bridgehead atoms. The first-order valence-corrected chi connectivity index (χ1v) is 3.70. The van der Waals surface area contributed by atoms with Crippen molar-refractivity contribution in [2.24, 2.45) is 0 Å². The first-order valence-electron chi connectivity index (χ1n) is 3.70.